The molecule has 7 heteroatoms. The molecule has 7 nitrogen and oxygen atoms in total. The highest BCUT2D eigenvalue weighted by atomic mass is 16.6. The fourth-order valence-corrected chi connectivity index (χ4v) is 1.58. The lowest BCUT2D eigenvalue weighted by Crippen LogP contribution is -2.50. The van der Waals surface area contributed by atoms with Crippen LogP contribution in [0.2, 0.25) is 0 Å². The minimum Gasteiger partial charge on any atom is -0.444 e. The van der Waals surface area contributed by atoms with Crippen LogP contribution >= 0.6 is 0 Å². The fraction of sp³-hybridized carbons (Fsp3) is 0.750. The topological polar surface area (TPSA) is 96.5 Å². The van der Waals surface area contributed by atoms with Gasteiger partial charge in [0.25, 0.3) is 0 Å². The number of amides is 3. The van der Waals surface area contributed by atoms with E-state index in [1.807, 2.05) is 0 Å². The summed E-state index contributed by atoms with van der Waals surface area (Å²) in [5.41, 5.74) is -0.619. The molecule has 3 amide bonds. The third kappa shape index (κ3) is 5.15. The Morgan fingerprint density at radius 1 is 1.42 bits per heavy atom. The summed E-state index contributed by atoms with van der Waals surface area (Å²) in [6.07, 6.45) is -0.102. The molecule has 0 saturated carbocycles. The first-order valence-corrected chi connectivity index (χ1v) is 6.26. The summed E-state index contributed by atoms with van der Waals surface area (Å²) < 4.78 is 5.04. The van der Waals surface area contributed by atoms with Crippen LogP contribution in [0.1, 0.15) is 34.1 Å². The quantitative estimate of drug-likeness (QED) is 0.668. The Labute approximate surface area is 112 Å². The van der Waals surface area contributed by atoms with Crippen molar-refractivity contribution >= 4 is 17.9 Å². The van der Waals surface area contributed by atoms with E-state index >= 15 is 0 Å². The molecule has 1 saturated heterocycles. The van der Waals surface area contributed by atoms with Gasteiger partial charge in [-0.2, -0.15) is 0 Å². The lowest BCUT2D eigenvalue weighted by atomic mass is 10.2. The molecule has 19 heavy (non-hydrogen) atoms. The van der Waals surface area contributed by atoms with Gasteiger partial charge in [-0.3, -0.25) is 9.59 Å². The SMILES string of the molecule is C[C@H](NC(=O)OC(C)(C)C)C(=O)N[C@@H]1CCNC1=O. The molecule has 1 heterocycles. The van der Waals surface area contributed by atoms with E-state index in [0.717, 1.165) is 0 Å². The number of carbonyl (C=O) groups excluding carboxylic acids is 3. The summed E-state index contributed by atoms with van der Waals surface area (Å²) in [6.45, 7) is 7.30. The van der Waals surface area contributed by atoms with Crippen molar-refractivity contribution in [3.63, 3.8) is 0 Å². The van der Waals surface area contributed by atoms with Crippen LogP contribution < -0.4 is 16.0 Å². The van der Waals surface area contributed by atoms with Crippen LogP contribution in [-0.4, -0.2) is 42.1 Å². The second-order valence-electron chi connectivity index (χ2n) is 5.51. The highest BCUT2D eigenvalue weighted by Gasteiger charge is 2.28. The fourth-order valence-electron chi connectivity index (χ4n) is 1.58. The minimum absolute atomic E-state index is 0.196. The zero-order chi connectivity index (χ0) is 14.6. The Morgan fingerprint density at radius 3 is 2.53 bits per heavy atom. The van der Waals surface area contributed by atoms with Crippen molar-refractivity contribution in [2.45, 2.75) is 51.8 Å². The maximum absolute atomic E-state index is 11.8. The van der Waals surface area contributed by atoms with Crippen molar-refractivity contribution in [3.05, 3.63) is 0 Å². The van der Waals surface area contributed by atoms with Crippen molar-refractivity contribution in [3.8, 4) is 0 Å². The molecule has 1 rings (SSSR count). The van der Waals surface area contributed by atoms with Gasteiger partial charge in [0.2, 0.25) is 11.8 Å². The lowest BCUT2D eigenvalue weighted by molar-refractivity contribution is -0.128. The molecule has 0 aromatic rings. The minimum atomic E-state index is -0.761. The molecular weight excluding hydrogens is 250 g/mol. The van der Waals surface area contributed by atoms with E-state index in [1.165, 1.54) is 6.92 Å². The molecule has 3 N–H and O–H groups in total. The van der Waals surface area contributed by atoms with E-state index in [4.69, 9.17) is 4.74 Å². The van der Waals surface area contributed by atoms with Gasteiger partial charge in [-0.1, -0.05) is 0 Å². The summed E-state index contributed by atoms with van der Waals surface area (Å²) in [5.74, 6) is -0.606. The Balaban J connectivity index is 2.40. The molecule has 0 radical (unpaired) electrons. The van der Waals surface area contributed by atoms with Gasteiger partial charge in [0.1, 0.15) is 17.7 Å². The average Bonchev–Trinajstić information content (AvgIpc) is 2.61. The first kappa shape index (κ1) is 15.3. The van der Waals surface area contributed by atoms with Crippen molar-refractivity contribution in [1.29, 1.82) is 0 Å². The predicted molar refractivity (Wildman–Crippen MR) is 68.4 cm³/mol. The third-order valence-corrected chi connectivity index (χ3v) is 2.49. The number of rotatable bonds is 3. The van der Waals surface area contributed by atoms with Gasteiger partial charge in [0.05, 0.1) is 0 Å². The molecule has 0 bridgehead atoms. The lowest BCUT2D eigenvalue weighted by Gasteiger charge is -2.22. The summed E-state index contributed by atoms with van der Waals surface area (Å²) in [5, 5.41) is 7.62. The number of carbonyl (C=O) groups is 3. The Kier molecular flexibility index (Phi) is 4.74. The number of nitrogens with one attached hydrogen (secondary N) is 3. The Bertz CT molecular complexity index is 376. The van der Waals surface area contributed by atoms with Crippen molar-refractivity contribution in [1.82, 2.24) is 16.0 Å². The van der Waals surface area contributed by atoms with Crippen LogP contribution in [0.5, 0.6) is 0 Å². The van der Waals surface area contributed by atoms with Gasteiger partial charge < -0.3 is 20.7 Å². The third-order valence-electron chi connectivity index (χ3n) is 2.49. The maximum Gasteiger partial charge on any atom is 0.408 e. The molecule has 1 fully saturated rings. The van der Waals surface area contributed by atoms with Gasteiger partial charge >= 0.3 is 6.09 Å². The molecule has 0 aliphatic carbocycles. The van der Waals surface area contributed by atoms with E-state index in [2.05, 4.69) is 16.0 Å². The predicted octanol–water partition coefficient (Wildman–Crippen LogP) is -0.0957. The van der Waals surface area contributed by atoms with Crippen LogP contribution in [-0.2, 0) is 14.3 Å². The molecule has 1 aliphatic rings. The van der Waals surface area contributed by atoms with Crippen LogP contribution in [0.3, 0.4) is 0 Å². The number of hydrogen-bond donors (Lipinski definition) is 3. The van der Waals surface area contributed by atoms with E-state index in [-0.39, 0.29) is 5.91 Å². The van der Waals surface area contributed by atoms with E-state index in [9.17, 15) is 14.4 Å². The molecule has 1 aliphatic heterocycles. The van der Waals surface area contributed by atoms with E-state index in [1.54, 1.807) is 20.8 Å². The maximum atomic E-state index is 11.8. The van der Waals surface area contributed by atoms with E-state index in [0.29, 0.717) is 13.0 Å². The van der Waals surface area contributed by atoms with Crippen molar-refractivity contribution in [2.24, 2.45) is 0 Å². The molecule has 0 aromatic heterocycles. The van der Waals surface area contributed by atoms with Gasteiger partial charge in [0, 0.05) is 6.54 Å². The van der Waals surface area contributed by atoms with Crippen LogP contribution in [0.4, 0.5) is 4.79 Å². The van der Waals surface area contributed by atoms with Gasteiger partial charge in [-0.05, 0) is 34.1 Å². The number of hydrogen-bond acceptors (Lipinski definition) is 4. The summed E-state index contributed by atoms with van der Waals surface area (Å²) >= 11 is 0. The summed E-state index contributed by atoms with van der Waals surface area (Å²) in [4.78, 5) is 34.6. The zero-order valence-electron chi connectivity index (χ0n) is 11.7. The Morgan fingerprint density at radius 2 is 2.05 bits per heavy atom. The average molecular weight is 271 g/mol. The van der Waals surface area contributed by atoms with Gasteiger partial charge in [-0.25, -0.2) is 4.79 Å². The van der Waals surface area contributed by atoms with E-state index < -0.39 is 29.7 Å². The smallest absolute Gasteiger partial charge is 0.408 e. The first-order valence-electron chi connectivity index (χ1n) is 6.26. The first-order chi connectivity index (χ1) is 8.69. The number of ether oxygens (including phenoxy) is 1. The van der Waals surface area contributed by atoms with Crippen LogP contribution in [0.15, 0.2) is 0 Å². The molecule has 0 spiro atoms. The molecular formula is C12H21N3O4. The van der Waals surface area contributed by atoms with Gasteiger partial charge in [0.15, 0.2) is 0 Å². The molecule has 0 aromatic carbocycles. The molecule has 0 unspecified atom stereocenters. The van der Waals surface area contributed by atoms with Crippen molar-refractivity contribution in [2.75, 3.05) is 6.54 Å². The second kappa shape index (κ2) is 5.90. The molecule has 108 valence electrons. The normalized spacial score (nSPS) is 20.4. The highest BCUT2D eigenvalue weighted by molar-refractivity contribution is 5.91. The summed E-state index contributed by atoms with van der Waals surface area (Å²) in [6, 6.07) is -1.28. The highest BCUT2D eigenvalue weighted by Crippen LogP contribution is 2.07. The standard InChI is InChI=1S/C12H21N3O4/c1-7(14-11(18)19-12(2,3)4)9(16)15-8-5-6-13-10(8)17/h7-8H,5-6H2,1-4H3,(H,13,17)(H,14,18)(H,15,16)/t7-,8+/m0/s1. The monoisotopic (exact) mass is 271 g/mol. The Hall–Kier alpha value is -1.79. The van der Waals surface area contributed by atoms with Crippen molar-refractivity contribution < 1.29 is 19.1 Å². The summed E-state index contributed by atoms with van der Waals surface area (Å²) in [7, 11) is 0. The van der Waals surface area contributed by atoms with Gasteiger partial charge in [-0.15, -0.1) is 0 Å². The molecule has 2 atom stereocenters. The van der Waals surface area contributed by atoms with Crippen LogP contribution in [0.25, 0.3) is 0 Å². The zero-order valence-corrected chi connectivity index (χ0v) is 11.7. The number of alkyl carbamates (subject to hydrolysis) is 1. The largest absolute Gasteiger partial charge is 0.444 e. The van der Waals surface area contributed by atoms with Crippen LogP contribution in [0, 0.1) is 0 Å². The second-order valence-corrected chi connectivity index (χ2v) is 5.51.